The fourth-order valence-electron chi connectivity index (χ4n) is 1.62. The van der Waals surface area contributed by atoms with Gasteiger partial charge in [0.15, 0.2) is 11.6 Å². The number of rotatable bonds is 3. The molecule has 1 heterocycles. The minimum absolute atomic E-state index is 0.116. The summed E-state index contributed by atoms with van der Waals surface area (Å²) in [6, 6.07) is 4.27. The van der Waals surface area contributed by atoms with Crippen LogP contribution in [0.15, 0.2) is 30.6 Å². The van der Waals surface area contributed by atoms with E-state index in [-0.39, 0.29) is 5.75 Å². The third-order valence-corrected chi connectivity index (χ3v) is 2.53. The summed E-state index contributed by atoms with van der Waals surface area (Å²) in [5.41, 5.74) is 1.22. The number of aryl methyl sites for hydroxylation is 1. The zero-order chi connectivity index (χ0) is 12.4. The van der Waals surface area contributed by atoms with Crippen LogP contribution >= 0.6 is 0 Å². The molecule has 2 rings (SSSR count). The number of hydrogen-bond acceptors (Lipinski definition) is 3. The summed E-state index contributed by atoms with van der Waals surface area (Å²) in [7, 11) is 3.15. The van der Waals surface area contributed by atoms with E-state index in [9.17, 15) is 9.50 Å². The lowest BCUT2D eigenvalue weighted by Gasteiger charge is -2.10. The predicted octanol–water partition coefficient (Wildman–Crippen LogP) is 1.65. The molecular formula is C12H13FN2O2. The van der Waals surface area contributed by atoms with Gasteiger partial charge < -0.3 is 9.84 Å². The summed E-state index contributed by atoms with van der Waals surface area (Å²) in [4.78, 5) is 0. The van der Waals surface area contributed by atoms with Crippen LogP contribution < -0.4 is 4.74 Å². The van der Waals surface area contributed by atoms with Crippen molar-refractivity contribution in [3.63, 3.8) is 0 Å². The minimum Gasteiger partial charge on any atom is -0.494 e. The van der Waals surface area contributed by atoms with E-state index in [1.807, 2.05) is 0 Å². The molecule has 1 unspecified atom stereocenters. The molecule has 0 aliphatic carbocycles. The average Bonchev–Trinajstić information content (AvgIpc) is 2.75. The van der Waals surface area contributed by atoms with Gasteiger partial charge in [-0.3, -0.25) is 4.68 Å². The van der Waals surface area contributed by atoms with Crippen molar-refractivity contribution in [2.75, 3.05) is 7.11 Å². The van der Waals surface area contributed by atoms with Gasteiger partial charge in [0, 0.05) is 18.8 Å². The number of aromatic nitrogens is 2. The second-order valence-electron chi connectivity index (χ2n) is 3.74. The van der Waals surface area contributed by atoms with Gasteiger partial charge in [-0.25, -0.2) is 4.39 Å². The topological polar surface area (TPSA) is 47.3 Å². The molecule has 1 aromatic carbocycles. The van der Waals surface area contributed by atoms with Crippen LogP contribution in [-0.4, -0.2) is 22.0 Å². The maximum atomic E-state index is 13.2. The van der Waals surface area contributed by atoms with E-state index in [0.29, 0.717) is 11.1 Å². The van der Waals surface area contributed by atoms with Gasteiger partial charge in [0.05, 0.1) is 13.3 Å². The zero-order valence-corrected chi connectivity index (χ0v) is 9.59. The molecule has 1 atom stereocenters. The van der Waals surface area contributed by atoms with Crippen molar-refractivity contribution in [2.24, 2.45) is 7.05 Å². The highest BCUT2D eigenvalue weighted by Crippen LogP contribution is 2.26. The van der Waals surface area contributed by atoms with E-state index in [2.05, 4.69) is 5.10 Å². The Balaban J connectivity index is 2.34. The number of ether oxygens (including phenoxy) is 1. The molecule has 5 heteroatoms. The maximum absolute atomic E-state index is 13.2. The lowest BCUT2D eigenvalue weighted by molar-refractivity contribution is 0.219. The molecule has 1 N–H and O–H groups in total. The Morgan fingerprint density at radius 1 is 1.41 bits per heavy atom. The standard InChI is InChI=1S/C12H13FN2O2/c1-15-7-9(6-14-15)12(16)8-3-4-10(13)11(5-8)17-2/h3-7,12,16H,1-2H3. The lowest BCUT2D eigenvalue weighted by atomic mass is 10.0. The molecule has 2 aromatic rings. The normalized spacial score (nSPS) is 12.5. The number of nitrogens with zero attached hydrogens (tertiary/aromatic N) is 2. The zero-order valence-electron chi connectivity index (χ0n) is 9.59. The molecule has 0 bridgehead atoms. The van der Waals surface area contributed by atoms with Crippen LogP contribution in [0, 0.1) is 5.82 Å². The van der Waals surface area contributed by atoms with Crippen molar-refractivity contribution >= 4 is 0 Å². The Morgan fingerprint density at radius 2 is 2.18 bits per heavy atom. The second kappa shape index (κ2) is 4.55. The lowest BCUT2D eigenvalue weighted by Crippen LogP contribution is -2.00. The van der Waals surface area contributed by atoms with Crippen LogP contribution in [0.3, 0.4) is 0 Å². The second-order valence-corrected chi connectivity index (χ2v) is 3.74. The molecule has 17 heavy (non-hydrogen) atoms. The van der Waals surface area contributed by atoms with Crippen molar-refractivity contribution in [3.05, 3.63) is 47.5 Å². The summed E-state index contributed by atoms with van der Waals surface area (Å²) < 4.78 is 19.7. The predicted molar refractivity (Wildman–Crippen MR) is 60.2 cm³/mol. The van der Waals surface area contributed by atoms with E-state index in [1.54, 1.807) is 24.1 Å². The Morgan fingerprint density at radius 3 is 2.76 bits per heavy atom. The van der Waals surface area contributed by atoms with Gasteiger partial charge in [0.2, 0.25) is 0 Å². The number of aliphatic hydroxyl groups excluding tert-OH is 1. The summed E-state index contributed by atoms with van der Waals surface area (Å²) in [6.07, 6.45) is 2.44. The molecular weight excluding hydrogens is 223 g/mol. The van der Waals surface area contributed by atoms with Gasteiger partial charge in [0.1, 0.15) is 6.10 Å². The average molecular weight is 236 g/mol. The van der Waals surface area contributed by atoms with Gasteiger partial charge in [-0.1, -0.05) is 6.07 Å². The molecule has 0 spiro atoms. The van der Waals surface area contributed by atoms with E-state index < -0.39 is 11.9 Å². The number of methoxy groups -OCH3 is 1. The van der Waals surface area contributed by atoms with Crippen LogP contribution in [0.25, 0.3) is 0 Å². The molecule has 0 radical (unpaired) electrons. The Labute approximate surface area is 98.3 Å². The van der Waals surface area contributed by atoms with E-state index in [4.69, 9.17) is 4.74 Å². The largest absolute Gasteiger partial charge is 0.494 e. The quantitative estimate of drug-likeness (QED) is 0.881. The monoisotopic (exact) mass is 236 g/mol. The van der Waals surface area contributed by atoms with Gasteiger partial charge in [-0.2, -0.15) is 5.10 Å². The van der Waals surface area contributed by atoms with Crippen molar-refractivity contribution < 1.29 is 14.2 Å². The van der Waals surface area contributed by atoms with Crippen molar-refractivity contribution in [1.82, 2.24) is 9.78 Å². The molecule has 0 saturated heterocycles. The maximum Gasteiger partial charge on any atom is 0.165 e. The summed E-state index contributed by atoms with van der Waals surface area (Å²) >= 11 is 0. The molecule has 0 saturated carbocycles. The first-order chi connectivity index (χ1) is 8.11. The first-order valence-electron chi connectivity index (χ1n) is 5.12. The van der Waals surface area contributed by atoms with E-state index >= 15 is 0 Å². The van der Waals surface area contributed by atoms with E-state index in [1.165, 1.54) is 25.3 Å². The highest BCUT2D eigenvalue weighted by molar-refractivity contribution is 5.35. The van der Waals surface area contributed by atoms with Crippen molar-refractivity contribution in [3.8, 4) is 5.75 Å². The van der Waals surface area contributed by atoms with Crippen LogP contribution in [0.2, 0.25) is 0 Å². The molecule has 90 valence electrons. The number of hydrogen-bond donors (Lipinski definition) is 1. The van der Waals surface area contributed by atoms with Gasteiger partial charge in [-0.15, -0.1) is 0 Å². The summed E-state index contributed by atoms with van der Waals surface area (Å²) in [5, 5.41) is 14.1. The fraction of sp³-hybridized carbons (Fsp3) is 0.250. The van der Waals surface area contributed by atoms with Crippen LogP contribution in [0.1, 0.15) is 17.2 Å². The number of benzene rings is 1. The van der Waals surface area contributed by atoms with Crippen LogP contribution in [0.5, 0.6) is 5.75 Å². The van der Waals surface area contributed by atoms with Crippen LogP contribution in [-0.2, 0) is 7.05 Å². The number of aliphatic hydroxyl groups is 1. The third kappa shape index (κ3) is 2.29. The van der Waals surface area contributed by atoms with Crippen LogP contribution in [0.4, 0.5) is 4.39 Å². The first-order valence-corrected chi connectivity index (χ1v) is 5.12. The Bertz CT molecular complexity index is 525. The van der Waals surface area contributed by atoms with E-state index in [0.717, 1.165) is 0 Å². The third-order valence-electron chi connectivity index (χ3n) is 2.53. The van der Waals surface area contributed by atoms with Gasteiger partial charge >= 0.3 is 0 Å². The molecule has 0 aliphatic rings. The summed E-state index contributed by atoms with van der Waals surface area (Å²) in [6.45, 7) is 0. The highest BCUT2D eigenvalue weighted by Gasteiger charge is 2.14. The summed E-state index contributed by atoms with van der Waals surface area (Å²) in [5.74, 6) is -0.333. The first kappa shape index (κ1) is 11.6. The van der Waals surface area contributed by atoms with Crippen molar-refractivity contribution in [1.29, 1.82) is 0 Å². The minimum atomic E-state index is -0.835. The Hall–Kier alpha value is -1.88. The Kier molecular flexibility index (Phi) is 3.10. The van der Waals surface area contributed by atoms with Crippen molar-refractivity contribution in [2.45, 2.75) is 6.10 Å². The smallest absolute Gasteiger partial charge is 0.165 e. The SMILES string of the molecule is COc1cc(C(O)c2cnn(C)c2)ccc1F. The van der Waals surface area contributed by atoms with Gasteiger partial charge in [0.25, 0.3) is 0 Å². The molecule has 0 amide bonds. The fourth-order valence-corrected chi connectivity index (χ4v) is 1.62. The number of halogens is 1. The molecule has 0 aliphatic heterocycles. The molecule has 4 nitrogen and oxygen atoms in total. The van der Waals surface area contributed by atoms with Gasteiger partial charge in [-0.05, 0) is 17.7 Å². The highest BCUT2D eigenvalue weighted by atomic mass is 19.1. The molecule has 1 aromatic heterocycles. The molecule has 0 fully saturated rings.